The smallest absolute Gasteiger partial charge is 0.191 e. The first-order valence-corrected chi connectivity index (χ1v) is 9.83. The number of nitrogens with one attached hydrogen (secondary N) is 2. The van der Waals surface area contributed by atoms with E-state index in [1.165, 1.54) is 0 Å². The van der Waals surface area contributed by atoms with Crippen LogP contribution in [0.25, 0.3) is 0 Å². The zero-order chi connectivity index (χ0) is 21.4. The highest BCUT2D eigenvalue weighted by molar-refractivity contribution is 5.79. The van der Waals surface area contributed by atoms with Gasteiger partial charge in [-0.1, -0.05) is 0 Å². The van der Waals surface area contributed by atoms with Gasteiger partial charge >= 0.3 is 0 Å². The summed E-state index contributed by atoms with van der Waals surface area (Å²) in [6.07, 6.45) is 0.737. The minimum atomic E-state index is -1.11. The minimum absolute atomic E-state index is 0.213. The zero-order valence-electron chi connectivity index (χ0n) is 18.3. The van der Waals surface area contributed by atoms with Crippen LogP contribution in [-0.4, -0.2) is 44.9 Å². The summed E-state index contributed by atoms with van der Waals surface area (Å²) in [5, 5.41) is 17.4. The van der Waals surface area contributed by atoms with Crippen LogP contribution >= 0.6 is 0 Å². The number of furan rings is 1. The third kappa shape index (κ3) is 6.15. The van der Waals surface area contributed by atoms with E-state index in [9.17, 15) is 5.11 Å². The lowest BCUT2D eigenvalue weighted by Crippen LogP contribution is -2.39. The van der Waals surface area contributed by atoms with Gasteiger partial charge in [0.15, 0.2) is 5.96 Å². The first-order valence-electron chi connectivity index (χ1n) is 9.83. The molecule has 29 heavy (non-hydrogen) atoms. The number of rotatable bonds is 9. The van der Waals surface area contributed by atoms with E-state index in [0.717, 1.165) is 41.4 Å². The topological polar surface area (TPSA) is 88.3 Å². The van der Waals surface area contributed by atoms with Crippen molar-refractivity contribution in [1.29, 1.82) is 0 Å². The van der Waals surface area contributed by atoms with Gasteiger partial charge in [-0.3, -0.25) is 0 Å². The molecule has 0 aliphatic carbocycles. The Kier molecular flexibility index (Phi) is 7.96. The van der Waals surface area contributed by atoms with Gasteiger partial charge in [0.1, 0.15) is 28.6 Å². The number of ether oxygens (including phenoxy) is 2. The van der Waals surface area contributed by atoms with E-state index >= 15 is 0 Å². The van der Waals surface area contributed by atoms with E-state index < -0.39 is 5.60 Å². The summed E-state index contributed by atoms with van der Waals surface area (Å²) in [7, 11) is 3.31. The Morgan fingerprint density at radius 1 is 1.17 bits per heavy atom. The largest absolute Gasteiger partial charge is 0.497 e. The van der Waals surface area contributed by atoms with Crippen molar-refractivity contribution in [1.82, 2.24) is 10.6 Å². The van der Waals surface area contributed by atoms with E-state index in [0.29, 0.717) is 18.3 Å². The van der Waals surface area contributed by atoms with Gasteiger partial charge in [-0.15, -0.1) is 0 Å². The summed E-state index contributed by atoms with van der Waals surface area (Å²) in [4.78, 5) is 4.57. The number of aliphatic hydroxyl groups is 1. The van der Waals surface area contributed by atoms with Crippen molar-refractivity contribution in [3.8, 4) is 11.5 Å². The van der Waals surface area contributed by atoms with Gasteiger partial charge < -0.3 is 29.6 Å². The van der Waals surface area contributed by atoms with Gasteiger partial charge in [-0.05, 0) is 63.9 Å². The lowest BCUT2D eigenvalue weighted by Gasteiger charge is -2.21. The zero-order valence-corrected chi connectivity index (χ0v) is 18.3. The van der Waals surface area contributed by atoms with E-state index in [2.05, 4.69) is 15.6 Å². The van der Waals surface area contributed by atoms with E-state index in [1.807, 2.05) is 45.0 Å². The lowest BCUT2D eigenvalue weighted by atomic mass is 9.96. The standard InChI is InChI=1S/C22H33N3O4/c1-7-23-21(25-14-22(4,26)19-12-15(2)29-16(19)3)24-11-10-17-13-18(27-5)8-9-20(17)28-6/h8-9,12-13,26H,7,10-11,14H2,1-6H3,(H2,23,24,25). The third-order valence-corrected chi connectivity index (χ3v) is 4.68. The number of hydrogen-bond donors (Lipinski definition) is 3. The molecule has 0 aliphatic heterocycles. The molecule has 0 spiro atoms. The molecular weight excluding hydrogens is 370 g/mol. The predicted octanol–water partition coefficient (Wildman–Crippen LogP) is 2.92. The van der Waals surface area contributed by atoms with Crippen LogP contribution in [0.2, 0.25) is 0 Å². The molecule has 0 aliphatic rings. The fraction of sp³-hybridized carbons (Fsp3) is 0.500. The second-order valence-corrected chi connectivity index (χ2v) is 7.15. The summed E-state index contributed by atoms with van der Waals surface area (Å²) in [6, 6.07) is 7.61. The summed E-state index contributed by atoms with van der Waals surface area (Å²) in [6.45, 7) is 9.06. The molecule has 7 heteroatoms. The van der Waals surface area contributed by atoms with Gasteiger partial charge in [0.25, 0.3) is 0 Å². The van der Waals surface area contributed by atoms with E-state index in [-0.39, 0.29) is 6.54 Å². The van der Waals surface area contributed by atoms with Gasteiger partial charge in [-0.25, -0.2) is 4.99 Å². The molecule has 1 atom stereocenters. The van der Waals surface area contributed by atoms with E-state index in [4.69, 9.17) is 13.9 Å². The molecule has 7 nitrogen and oxygen atoms in total. The number of aliphatic imine (C=N–C) groups is 1. The molecule has 2 rings (SSSR count). The Morgan fingerprint density at radius 3 is 2.52 bits per heavy atom. The molecule has 0 radical (unpaired) electrons. The molecule has 0 fully saturated rings. The highest BCUT2D eigenvalue weighted by Crippen LogP contribution is 2.27. The Labute approximate surface area is 173 Å². The predicted molar refractivity (Wildman–Crippen MR) is 115 cm³/mol. The molecule has 0 saturated carbocycles. The molecule has 0 saturated heterocycles. The number of methoxy groups -OCH3 is 2. The Bertz CT molecular complexity index is 827. The highest BCUT2D eigenvalue weighted by Gasteiger charge is 2.27. The van der Waals surface area contributed by atoms with Crippen molar-refractivity contribution in [2.24, 2.45) is 4.99 Å². The van der Waals surface area contributed by atoms with Crippen LogP contribution in [0.5, 0.6) is 11.5 Å². The molecule has 1 aromatic carbocycles. The summed E-state index contributed by atoms with van der Waals surface area (Å²) >= 11 is 0. The fourth-order valence-corrected chi connectivity index (χ4v) is 3.22. The van der Waals surface area contributed by atoms with Crippen LogP contribution in [0.3, 0.4) is 0 Å². The molecule has 1 unspecified atom stereocenters. The summed E-state index contributed by atoms with van der Waals surface area (Å²) in [5.41, 5.74) is 0.697. The average molecular weight is 404 g/mol. The maximum atomic E-state index is 10.9. The molecule has 0 amide bonds. The second-order valence-electron chi connectivity index (χ2n) is 7.15. The number of benzene rings is 1. The SMILES string of the molecule is CCNC(=NCC(C)(O)c1cc(C)oc1C)NCCc1cc(OC)ccc1OC. The van der Waals surface area contributed by atoms with Crippen LogP contribution < -0.4 is 20.1 Å². The first kappa shape index (κ1) is 22.6. The molecule has 160 valence electrons. The minimum Gasteiger partial charge on any atom is -0.497 e. The Balaban J connectivity index is 2.03. The maximum absolute atomic E-state index is 10.9. The quantitative estimate of drug-likeness (QED) is 0.441. The molecule has 0 bridgehead atoms. The molecule has 1 aromatic heterocycles. The van der Waals surface area contributed by atoms with Crippen LogP contribution in [0, 0.1) is 13.8 Å². The normalized spacial score (nSPS) is 13.7. The highest BCUT2D eigenvalue weighted by atomic mass is 16.5. The van der Waals surface area contributed by atoms with Crippen molar-refractivity contribution >= 4 is 5.96 Å². The lowest BCUT2D eigenvalue weighted by molar-refractivity contribution is 0.0657. The van der Waals surface area contributed by atoms with Crippen LogP contribution in [-0.2, 0) is 12.0 Å². The van der Waals surface area contributed by atoms with Crippen molar-refractivity contribution in [3.63, 3.8) is 0 Å². The van der Waals surface area contributed by atoms with Gasteiger partial charge in [-0.2, -0.15) is 0 Å². The average Bonchev–Trinajstić information content (AvgIpc) is 3.05. The van der Waals surface area contributed by atoms with Gasteiger partial charge in [0.05, 0.1) is 20.8 Å². The van der Waals surface area contributed by atoms with Crippen LogP contribution in [0.1, 0.15) is 36.5 Å². The first-order chi connectivity index (χ1) is 13.8. The van der Waals surface area contributed by atoms with Crippen LogP contribution in [0.15, 0.2) is 33.7 Å². The maximum Gasteiger partial charge on any atom is 0.191 e. The van der Waals surface area contributed by atoms with Gasteiger partial charge in [0, 0.05) is 18.7 Å². The van der Waals surface area contributed by atoms with Crippen molar-refractivity contribution in [3.05, 3.63) is 46.9 Å². The Hall–Kier alpha value is -2.67. The number of nitrogens with zero attached hydrogens (tertiary/aromatic N) is 1. The molecule has 2 aromatic rings. The summed E-state index contributed by atoms with van der Waals surface area (Å²) in [5.74, 6) is 3.75. The van der Waals surface area contributed by atoms with Gasteiger partial charge in [0.2, 0.25) is 0 Å². The van der Waals surface area contributed by atoms with E-state index in [1.54, 1.807) is 21.1 Å². The Morgan fingerprint density at radius 2 is 1.93 bits per heavy atom. The van der Waals surface area contributed by atoms with Crippen LogP contribution in [0.4, 0.5) is 0 Å². The summed E-state index contributed by atoms with van der Waals surface area (Å²) < 4.78 is 16.3. The van der Waals surface area contributed by atoms with Crippen molar-refractivity contribution in [2.75, 3.05) is 33.9 Å². The van der Waals surface area contributed by atoms with Crippen molar-refractivity contribution < 1.29 is 19.0 Å². The molecule has 1 heterocycles. The second kappa shape index (κ2) is 10.2. The number of aryl methyl sites for hydroxylation is 2. The number of guanidine groups is 1. The van der Waals surface area contributed by atoms with Crippen molar-refractivity contribution in [2.45, 2.75) is 39.7 Å². The fourth-order valence-electron chi connectivity index (χ4n) is 3.22. The molecule has 3 N–H and O–H groups in total. The third-order valence-electron chi connectivity index (χ3n) is 4.68. The molecular formula is C22H33N3O4. The monoisotopic (exact) mass is 403 g/mol. The number of hydrogen-bond acceptors (Lipinski definition) is 5.